The Balaban J connectivity index is 1.49. The molecule has 0 radical (unpaired) electrons. The van der Waals surface area contributed by atoms with Crippen LogP contribution in [0.2, 0.25) is 0 Å². The van der Waals surface area contributed by atoms with Gasteiger partial charge in [0, 0.05) is 32.4 Å². The first kappa shape index (κ1) is 16.8. The Morgan fingerprint density at radius 2 is 2.31 bits per heavy atom. The Morgan fingerprint density at radius 1 is 1.42 bits per heavy atom. The van der Waals surface area contributed by atoms with Gasteiger partial charge in [0.2, 0.25) is 0 Å². The Kier molecular flexibility index (Phi) is 4.50. The van der Waals surface area contributed by atoms with Crippen molar-refractivity contribution in [3.05, 3.63) is 36.4 Å². The number of nitrogens with one attached hydrogen (secondary N) is 1. The number of amides is 1. The first-order valence-corrected chi connectivity index (χ1v) is 9.43. The van der Waals surface area contributed by atoms with Crippen LogP contribution >= 0.6 is 11.3 Å². The smallest absolute Gasteiger partial charge is 0.271 e. The van der Waals surface area contributed by atoms with E-state index in [1.165, 1.54) is 0 Å². The highest BCUT2D eigenvalue weighted by atomic mass is 32.1. The number of ether oxygens (including phenoxy) is 1. The van der Waals surface area contributed by atoms with E-state index in [-0.39, 0.29) is 11.9 Å². The van der Waals surface area contributed by atoms with E-state index in [9.17, 15) is 4.79 Å². The molecule has 26 heavy (non-hydrogen) atoms. The average Bonchev–Trinajstić information content (AvgIpc) is 3.28. The predicted octanol–water partition coefficient (Wildman–Crippen LogP) is 2.44. The Morgan fingerprint density at radius 3 is 3.08 bits per heavy atom. The van der Waals surface area contributed by atoms with Crippen LogP contribution in [0, 0.1) is 0 Å². The molecule has 1 unspecified atom stereocenters. The van der Waals surface area contributed by atoms with Crippen LogP contribution in [0.15, 0.2) is 30.7 Å². The summed E-state index contributed by atoms with van der Waals surface area (Å²) in [5.41, 5.74) is 1.35. The molecule has 4 rings (SSSR count). The minimum atomic E-state index is -0.122. The lowest BCUT2D eigenvalue weighted by molar-refractivity contribution is 0.0928. The maximum absolute atomic E-state index is 12.4. The summed E-state index contributed by atoms with van der Waals surface area (Å²) in [7, 11) is 3.52. The van der Waals surface area contributed by atoms with Gasteiger partial charge < -0.3 is 19.5 Å². The van der Waals surface area contributed by atoms with Crippen LogP contribution in [-0.2, 0) is 7.05 Å². The number of hydrogen-bond donors (Lipinski definition) is 1. The van der Waals surface area contributed by atoms with Crippen LogP contribution in [0.25, 0.3) is 10.2 Å². The van der Waals surface area contributed by atoms with E-state index >= 15 is 0 Å². The molecule has 0 saturated carbocycles. The normalized spacial score (nSPS) is 17.5. The van der Waals surface area contributed by atoms with E-state index in [2.05, 4.69) is 21.3 Å². The van der Waals surface area contributed by atoms with Gasteiger partial charge in [-0.1, -0.05) is 17.4 Å². The molecule has 1 aromatic carbocycles. The van der Waals surface area contributed by atoms with Crippen molar-refractivity contribution < 1.29 is 9.53 Å². The fourth-order valence-electron chi connectivity index (χ4n) is 3.27. The molecule has 1 aliphatic heterocycles. The van der Waals surface area contributed by atoms with Gasteiger partial charge in [0.15, 0.2) is 5.13 Å². The minimum Gasteiger partial charge on any atom is -0.494 e. The number of piperidine rings is 1. The van der Waals surface area contributed by atoms with Crippen LogP contribution < -0.4 is 15.0 Å². The third-order valence-corrected chi connectivity index (χ3v) is 5.64. The summed E-state index contributed by atoms with van der Waals surface area (Å²) in [5.74, 6) is 0.672. The molecule has 1 amide bonds. The molecule has 3 aromatic rings. The third kappa shape index (κ3) is 3.24. The first-order valence-electron chi connectivity index (χ1n) is 8.61. The van der Waals surface area contributed by atoms with Gasteiger partial charge in [0.05, 0.1) is 18.1 Å². The quantitative estimate of drug-likeness (QED) is 0.763. The summed E-state index contributed by atoms with van der Waals surface area (Å²) < 4.78 is 8.30. The van der Waals surface area contributed by atoms with Crippen molar-refractivity contribution >= 4 is 32.6 Å². The van der Waals surface area contributed by atoms with E-state index in [0.717, 1.165) is 47.0 Å². The minimum absolute atomic E-state index is 0.0900. The summed E-state index contributed by atoms with van der Waals surface area (Å²) >= 11 is 1.66. The van der Waals surface area contributed by atoms with Crippen LogP contribution in [0.3, 0.4) is 0 Å². The second kappa shape index (κ2) is 6.95. The fourth-order valence-corrected chi connectivity index (χ4v) is 4.29. The Hall–Kier alpha value is -2.61. The zero-order valence-corrected chi connectivity index (χ0v) is 15.6. The number of hydrogen-bond acceptors (Lipinski definition) is 6. The van der Waals surface area contributed by atoms with Crippen molar-refractivity contribution in [1.82, 2.24) is 19.9 Å². The molecule has 1 N–H and O–H groups in total. The van der Waals surface area contributed by atoms with Gasteiger partial charge in [-0.25, -0.2) is 9.97 Å². The highest BCUT2D eigenvalue weighted by Gasteiger charge is 2.25. The van der Waals surface area contributed by atoms with Crippen LogP contribution in [0.4, 0.5) is 5.13 Å². The number of aromatic nitrogens is 3. The van der Waals surface area contributed by atoms with Gasteiger partial charge in [-0.15, -0.1) is 0 Å². The number of carbonyl (C=O) groups is 1. The lowest BCUT2D eigenvalue weighted by atomic mass is 10.1. The van der Waals surface area contributed by atoms with Gasteiger partial charge in [-0.05, 0) is 25.0 Å². The van der Waals surface area contributed by atoms with E-state index in [1.54, 1.807) is 35.5 Å². The molecule has 8 heteroatoms. The lowest BCUT2D eigenvalue weighted by Gasteiger charge is -2.32. The predicted molar refractivity (Wildman–Crippen MR) is 102 cm³/mol. The SMILES string of the molecule is COc1cccc2sc(N3CCCC(NC(=O)c4cn(C)cn4)C3)nc12. The van der Waals surface area contributed by atoms with Crippen LogP contribution in [0.1, 0.15) is 23.3 Å². The molecule has 0 bridgehead atoms. The number of methoxy groups -OCH3 is 1. The summed E-state index contributed by atoms with van der Waals surface area (Å²) in [6, 6.07) is 6.06. The second-order valence-electron chi connectivity index (χ2n) is 6.49. The third-order valence-electron chi connectivity index (χ3n) is 4.56. The van der Waals surface area contributed by atoms with E-state index in [0.29, 0.717) is 5.69 Å². The fraction of sp³-hybridized carbons (Fsp3) is 0.389. The number of aryl methyl sites for hydroxylation is 1. The number of anilines is 1. The molecule has 2 aromatic heterocycles. The van der Waals surface area contributed by atoms with Crippen LogP contribution in [-0.4, -0.2) is 46.7 Å². The Bertz CT molecular complexity index is 935. The molecule has 0 spiro atoms. The van der Waals surface area contributed by atoms with Crippen molar-refractivity contribution in [3.63, 3.8) is 0 Å². The molecule has 1 aliphatic rings. The highest BCUT2D eigenvalue weighted by molar-refractivity contribution is 7.22. The molecular formula is C18H21N5O2S. The van der Waals surface area contributed by atoms with E-state index < -0.39 is 0 Å². The zero-order valence-electron chi connectivity index (χ0n) is 14.8. The van der Waals surface area contributed by atoms with Crippen molar-refractivity contribution in [1.29, 1.82) is 0 Å². The maximum atomic E-state index is 12.4. The van der Waals surface area contributed by atoms with Crippen molar-refractivity contribution in [2.45, 2.75) is 18.9 Å². The molecule has 0 aliphatic carbocycles. The summed E-state index contributed by atoms with van der Waals surface area (Å²) in [5, 5.41) is 4.07. The van der Waals surface area contributed by atoms with Gasteiger partial charge in [-0.3, -0.25) is 4.79 Å². The number of nitrogens with zero attached hydrogens (tertiary/aromatic N) is 4. The number of benzene rings is 1. The average molecular weight is 371 g/mol. The molecule has 7 nitrogen and oxygen atoms in total. The summed E-state index contributed by atoms with van der Waals surface area (Å²) in [6.45, 7) is 1.69. The standard InChI is InChI=1S/C18H21N5O2S/c1-22-10-13(19-11-22)17(24)20-12-5-4-8-23(9-12)18-21-16-14(25-2)6-3-7-15(16)26-18/h3,6-7,10-12H,4-5,8-9H2,1-2H3,(H,20,24). The summed E-state index contributed by atoms with van der Waals surface area (Å²) in [6.07, 6.45) is 5.34. The van der Waals surface area contributed by atoms with Crippen molar-refractivity contribution in [2.24, 2.45) is 7.05 Å². The Labute approximate surface area is 155 Å². The van der Waals surface area contributed by atoms with E-state index in [4.69, 9.17) is 9.72 Å². The van der Waals surface area contributed by atoms with E-state index in [1.807, 2.05) is 19.2 Å². The number of para-hydroxylation sites is 1. The van der Waals surface area contributed by atoms with Gasteiger partial charge in [0.25, 0.3) is 5.91 Å². The molecule has 1 atom stereocenters. The number of carbonyl (C=O) groups excluding carboxylic acids is 1. The van der Waals surface area contributed by atoms with Crippen molar-refractivity contribution in [3.8, 4) is 5.75 Å². The lowest BCUT2D eigenvalue weighted by Crippen LogP contribution is -2.47. The molecule has 1 fully saturated rings. The number of imidazole rings is 1. The summed E-state index contributed by atoms with van der Waals surface area (Å²) in [4.78, 5) is 23.5. The largest absolute Gasteiger partial charge is 0.494 e. The maximum Gasteiger partial charge on any atom is 0.271 e. The molecule has 1 saturated heterocycles. The molecule has 136 valence electrons. The second-order valence-corrected chi connectivity index (χ2v) is 7.50. The number of fused-ring (bicyclic) bond motifs is 1. The number of rotatable bonds is 4. The zero-order chi connectivity index (χ0) is 18.1. The van der Waals surface area contributed by atoms with Gasteiger partial charge in [0.1, 0.15) is 17.0 Å². The van der Waals surface area contributed by atoms with Gasteiger partial charge >= 0.3 is 0 Å². The van der Waals surface area contributed by atoms with Crippen LogP contribution in [0.5, 0.6) is 5.75 Å². The van der Waals surface area contributed by atoms with Crippen molar-refractivity contribution in [2.75, 3.05) is 25.1 Å². The molecular weight excluding hydrogens is 350 g/mol. The topological polar surface area (TPSA) is 72.3 Å². The first-order chi connectivity index (χ1) is 12.6. The van der Waals surface area contributed by atoms with Gasteiger partial charge in [-0.2, -0.15) is 0 Å². The monoisotopic (exact) mass is 371 g/mol. The molecule has 3 heterocycles. The number of thiazole rings is 1. The highest BCUT2D eigenvalue weighted by Crippen LogP contribution is 2.34.